The fourth-order valence-electron chi connectivity index (χ4n) is 2.51. The van der Waals surface area contributed by atoms with Crippen molar-refractivity contribution in [3.05, 3.63) is 58.7 Å². The zero-order chi connectivity index (χ0) is 17.5. The van der Waals surface area contributed by atoms with E-state index < -0.39 is 0 Å². The van der Waals surface area contributed by atoms with Crippen molar-refractivity contribution in [3.8, 4) is 5.75 Å². The zero-order valence-electron chi connectivity index (χ0n) is 14.5. The van der Waals surface area contributed by atoms with Crippen LogP contribution < -0.4 is 15.5 Å². The number of nitrogens with one attached hydrogen (secondary N) is 2. The summed E-state index contributed by atoms with van der Waals surface area (Å²) in [5.74, 6) is 0.838. The molecule has 0 atom stereocenters. The molecule has 126 valence electrons. The molecule has 0 unspecified atom stereocenters. The molecule has 0 aromatic heterocycles. The van der Waals surface area contributed by atoms with Crippen molar-refractivity contribution < 1.29 is 4.74 Å². The number of hydrogen-bond donors (Lipinski definition) is 2. The van der Waals surface area contributed by atoms with Crippen molar-refractivity contribution >= 4 is 29.2 Å². The summed E-state index contributed by atoms with van der Waals surface area (Å²) < 4.78 is 5.41. The summed E-state index contributed by atoms with van der Waals surface area (Å²) in [6.07, 6.45) is 1.80. The van der Waals surface area contributed by atoms with Gasteiger partial charge in [-0.2, -0.15) is 5.10 Å². The Bertz CT molecular complexity index is 716. The third kappa shape index (κ3) is 5.06. The molecule has 2 aromatic rings. The molecule has 0 heterocycles. The predicted octanol–water partition coefficient (Wildman–Crippen LogP) is 4.33. The van der Waals surface area contributed by atoms with Gasteiger partial charge in [-0.3, -0.25) is 5.43 Å². The molecule has 0 amide bonds. The first-order valence-corrected chi connectivity index (χ1v) is 8.31. The van der Waals surface area contributed by atoms with Crippen LogP contribution in [0, 0.1) is 20.8 Å². The number of ether oxygens (including phenoxy) is 1. The molecule has 0 saturated carbocycles. The average molecular weight is 341 g/mol. The van der Waals surface area contributed by atoms with Gasteiger partial charge in [-0.25, -0.2) is 0 Å². The predicted molar refractivity (Wildman–Crippen MR) is 105 cm³/mol. The van der Waals surface area contributed by atoms with E-state index in [0.29, 0.717) is 11.7 Å². The monoisotopic (exact) mass is 341 g/mol. The Kier molecular flexibility index (Phi) is 6.32. The van der Waals surface area contributed by atoms with Crippen LogP contribution in [0.3, 0.4) is 0 Å². The van der Waals surface area contributed by atoms with E-state index in [1.807, 2.05) is 31.2 Å². The molecule has 2 N–H and O–H groups in total. The first kappa shape index (κ1) is 17.9. The smallest absolute Gasteiger partial charge is 0.191 e. The number of benzene rings is 2. The Hall–Kier alpha value is -2.40. The summed E-state index contributed by atoms with van der Waals surface area (Å²) in [5.41, 5.74) is 8.49. The second-order valence-corrected chi connectivity index (χ2v) is 6.00. The lowest BCUT2D eigenvalue weighted by Crippen LogP contribution is -2.23. The van der Waals surface area contributed by atoms with Crippen molar-refractivity contribution in [3.63, 3.8) is 0 Å². The zero-order valence-corrected chi connectivity index (χ0v) is 15.3. The molecule has 0 aliphatic carbocycles. The van der Waals surface area contributed by atoms with Gasteiger partial charge < -0.3 is 10.1 Å². The third-order valence-corrected chi connectivity index (χ3v) is 3.71. The molecule has 4 nitrogen and oxygen atoms in total. The number of thiocarbonyl (C=S) groups is 1. The Labute approximate surface area is 148 Å². The topological polar surface area (TPSA) is 45.6 Å². The number of nitrogens with zero attached hydrogens (tertiary/aromatic N) is 1. The molecule has 24 heavy (non-hydrogen) atoms. The SMILES string of the molecule is CCOc1ccc(NC(=S)N/N=C\c2c(C)cc(C)cc2C)cc1. The van der Waals surface area contributed by atoms with Gasteiger partial charge in [0.05, 0.1) is 12.8 Å². The Morgan fingerprint density at radius 1 is 1.12 bits per heavy atom. The number of anilines is 1. The first-order valence-electron chi connectivity index (χ1n) is 7.90. The molecule has 0 fully saturated rings. The van der Waals surface area contributed by atoms with E-state index in [1.54, 1.807) is 6.21 Å². The fraction of sp³-hybridized carbons (Fsp3) is 0.263. The number of rotatable bonds is 5. The molecular formula is C19H23N3OS. The lowest BCUT2D eigenvalue weighted by Gasteiger charge is -2.09. The van der Waals surface area contributed by atoms with Crippen molar-refractivity contribution in [1.29, 1.82) is 0 Å². The summed E-state index contributed by atoms with van der Waals surface area (Å²) in [7, 11) is 0. The van der Waals surface area contributed by atoms with Crippen molar-refractivity contribution in [2.75, 3.05) is 11.9 Å². The Morgan fingerprint density at radius 2 is 1.75 bits per heavy atom. The summed E-state index contributed by atoms with van der Waals surface area (Å²) in [4.78, 5) is 0. The highest BCUT2D eigenvalue weighted by Crippen LogP contribution is 2.16. The molecule has 5 heteroatoms. The highest BCUT2D eigenvalue weighted by atomic mass is 32.1. The Morgan fingerprint density at radius 3 is 2.33 bits per heavy atom. The molecule has 0 aliphatic rings. The fourth-order valence-corrected chi connectivity index (χ4v) is 2.68. The lowest BCUT2D eigenvalue weighted by molar-refractivity contribution is 0.340. The van der Waals surface area contributed by atoms with Gasteiger partial charge in [-0.05, 0) is 75.3 Å². The quantitative estimate of drug-likeness (QED) is 0.483. The molecule has 0 saturated heterocycles. The minimum Gasteiger partial charge on any atom is -0.494 e. The highest BCUT2D eigenvalue weighted by Gasteiger charge is 2.01. The van der Waals surface area contributed by atoms with Crippen LogP contribution in [0.5, 0.6) is 5.75 Å². The van der Waals surface area contributed by atoms with Gasteiger partial charge in [0, 0.05) is 11.3 Å². The molecular weight excluding hydrogens is 318 g/mol. The number of hydrazone groups is 1. The van der Waals surface area contributed by atoms with Crippen LogP contribution in [0.1, 0.15) is 29.2 Å². The molecule has 0 spiro atoms. The maximum Gasteiger partial charge on any atom is 0.191 e. The molecule has 0 aliphatic heterocycles. The van der Waals surface area contributed by atoms with Crippen LogP contribution in [-0.2, 0) is 0 Å². The van der Waals surface area contributed by atoms with Crippen LogP contribution in [0.2, 0.25) is 0 Å². The number of aryl methyl sites for hydroxylation is 3. The molecule has 2 aromatic carbocycles. The Balaban J connectivity index is 1.93. The van der Waals surface area contributed by atoms with Crippen LogP contribution >= 0.6 is 12.2 Å². The lowest BCUT2D eigenvalue weighted by atomic mass is 10.0. The summed E-state index contributed by atoms with van der Waals surface area (Å²) in [6, 6.07) is 11.9. The van der Waals surface area contributed by atoms with Gasteiger partial charge in [0.1, 0.15) is 5.75 Å². The maximum absolute atomic E-state index is 5.41. The second-order valence-electron chi connectivity index (χ2n) is 5.59. The van der Waals surface area contributed by atoms with Gasteiger partial charge >= 0.3 is 0 Å². The van der Waals surface area contributed by atoms with Gasteiger partial charge in [-0.1, -0.05) is 17.7 Å². The summed E-state index contributed by atoms with van der Waals surface area (Å²) >= 11 is 5.25. The minimum absolute atomic E-state index is 0.442. The highest BCUT2D eigenvalue weighted by molar-refractivity contribution is 7.80. The van der Waals surface area contributed by atoms with Gasteiger partial charge in [0.15, 0.2) is 5.11 Å². The average Bonchev–Trinajstić information content (AvgIpc) is 2.52. The first-order chi connectivity index (χ1) is 11.5. The van der Waals surface area contributed by atoms with E-state index in [4.69, 9.17) is 17.0 Å². The van der Waals surface area contributed by atoms with Crippen molar-refractivity contribution in [2.45, 2.75) is 27.7 Å². The van der Waals surface area contributed by atoms with Crippen LogP contribution in [0.15, 0.2) is 41.5 Å². The molecule has 0 radical (unpaired) electrons. The summed E-state index contributed by atoms with van der Waals surface area (Å²) in [5, 5.41) is 7.76. The van der Waals surface area contributed by atoms with E-state index >= 15 is 0 Å². The summed E-state index contributed by atoms with van der Waals surface area (Å²) in [6.45, 7) is 8.87. The van der Waals surface area contributed by atoms with E-state index in [1.165, 1.54) is 16.7 Å². The van der Waals surface area contributed by atoms with Crippen molar-refractivity contribution in [2.24, 2.45) is 5.10 Å². The van der Waals surface area contributed by atoms with Crippen LogP contribution in [-0.4, -0.2) is 17.9 Å². The van der Waals surface area contributed by atoms with E-state index in [0.717, 1.165) is 17.0 Å². The standard InChI is InChI=1S/C19H23N3OS/c1-5-23-17-8-6-16(7-9-17)21-19(24)22-20-12-18-14(3)10-13(2)11-15(18)4/h6-12H,5H2,1-4H3,(H2,21,22,24)/b20-12-. The van der Waals surface area contributed by atoms with Gasteiger partial charge in [-0.15, -0.1) is 0 Å². The minimum atomic E-state index is 0.442. The van der Waals surface area contributed by atoms with Crippen molar-refractivity contribution in [1.82, 2.24) is 5.43 Å². The van der Waals surface area contributed by atoms with Gasteiger partial charge in [0.25, 0.3) is 0 Å². The van der Waals surface area contributed by atoms with E-state index in [2.05, 4.69) is 48.7 Å². The maximum atomic E-state index is 5.41. The van der Waals surface area contributed by atoms with Gasteiger partial charge in [0.2, 0.25) is 0 Å². The number of hydrogen-bond acceptors (Lipinski definition) is 3. The largest absolute Gasteiger partial charge is 0.494 e. The van der Waals surface area contributed by atoms with E-state index in [-0.39, 0.29) is 0 Å². The molecule has 2 rings (SSSR count). The van der Waals surface area contributed by atoms with Crippen LogP contribution in [0.25, 0.3) is 0 Å². The van der Waals surface area contributed by atoms with E-state index in [9.17, 15) is 0 Å². The van der Waals surface area contributed by atoms with Crippen LogP contribution in [0.4, 0.5) is 5.69 Å². The second kappa shape index (κ2) is 8.45. The normalized spacial score (nSPS) is 10.7. The molecule has 0 bridgehead atoms. The third-order valence-electron chi connectivity index (χ3n) is 3.52.